The summed E-state index contributed by atoms with van der Waals surface area (Å²) in [6.45, 7) is 0.636. The summed E-state index contributed by atoms with van der Waals surface area (Å²) in [4.78, 5) is 4.45. The van der Waals surface area contributed by atoms with Crippen molar-refractivity contribution in [3.05, 3.63) is 34.7 Å². The van der Waals surface area contributed by atoms with Crippen molar-refractivity contribution in [2.24, 2.45) is 9.51 Å². The van der Waals surface area contributed by atoms with Crippen molar-refractivity contribution < 1.29 is 8.42 Å². The van der Waals surface area contributed by atoms with Gasteiger partial charge in [-0.1, -0.05) is 17.2 Å². The molecule has 1 aromatic carbocycles. The molecule has 0 saturated carbocycles. The summed E-state index contributed by atoms with van der Waals surface area (Å²) in [5.41, 5.74) is 8.74. The van der Waals surface area contributed by atoms with Gasteiger partial charge < -0.3 is 4.90 Å². The first-order valence-electron chi connectivity index (χ1n) is 4.82. The number of hydrogen-bond donors (Lipinski definition) is 0. The normalized spacial score (nSPS) is 16.1. The summed E-state index contributed by atoms with van der Waals surface area (Å²) >= 11 is 0. The fourth-order valence-corrected chi connectivity index (χ4v) is 2.58. The van der Waals surface area contributed by atoms with E-state index >= 15 is 0 Å². The van der Waals surface area contributed by atoms with E-state index in [2.05, 4.69) is 14.4 Å². The molecule has 1 aliphatic heterocycles. The molecule has 0 amide bonds. The molecule has 0 N–H and O–H groups in total. The van der Waals surface area contributed by atoms with Gasteiger partial charge >= 0.3 is 0 Å². The van der Waals surface area contributed by atoms with Crippen LogP contribution >= 0.6 is 0 Å². The van der Waals surface area contributed by atoms with Crippen LogP contribution < -0.4 is 4.90 Å². The van der Waals surface area contributed by atoms with Crippen LogP contribution in [0.1, 0.15) is 0 Å². The molecule has 1 heterocycles. The summed E-state index contributed by atoms with van der Waals surface area (Å²) < 4.78 is 26.8. The molecule has 0 bridgehead atoms. The van der Waals surface area contributed by atoms with E-state index in [1.165, 1.54) is 12.4 Å². The lowest BCUT2D eigenvalue weighted by Crippen LogP contribution is -2.29. The molecule has 0 aliphatic carbocycles. The lowest BCUT2D eigenvalue weighted by Gasteiger charge is -2.24. The number of fused-ring (bicyclic) bond motifs is 1. The van der Waals surface area contributed by atoms with Crippen molar-refractivity contribution in [3.8, 4) is 0 Å². The minimum absolute atomic E-state index is 0.170. The Hall–Kier alpha value is -2.05. The lowest BCUT2D eigenvalue weighted by atomic mass is 10.3. The largest absolute Gasteiger partial charge is 0.330 e. The van der Waals surface area contributed by atoms with Crippen LogP contribution in [-0.2, 0) is 10.0 Å². The van der Waals surface area contributed by atoms with Crippen LogP contribution in [0.4, 0.5) is 5.69 Å². The smallest absolute Gasteiger partial charge is 0.285 e. The highest BCUT2D eigenvalue weighted by Gasteiger charge is 2.24. The van der Waals surface area contributed by atoms with E-state index < -0.39 is 10.0 Å². The third-order valence-electron chi connectivity index (χ3n) is 2.28. The molecule has 88 valence electrons. The Bertz CT molecular complexity index is 604. The molecule has 1 aliphatic rings. The maximum absolute atomic E-state index is 11.6. The highest BCUT2D eigenvalue weighted by molar-refractivity contribution is 7.90. The minimum Gasteiger partial charge on any atom is -0.330 e. The minimum atomic E-state index is -3.58. The average Bonchev–Trinajstić information content (AvgIpc) is 2.33. The number of rotatable bonds is 3. The van der Waals surface area contributed by atoms with Crippen LogP contribution in [0.2, 0.25) is 0 Å². The second kappa shape index (κ2) is 4.44. The highest BCUT2D eigenvalue weighted by Crippen LogP contribution is 2.28. The summed E-state index contributed by atoms with van der Waals surface area (Å²) in [6, 6.07) is 6.58. The van der Waals surface area contributed by atoms with E-state index in [1.54, 1.807) is 23.1 Å². The van der Waals surface area contributed by atoms with Crippen LogP contribution in [0.5, 0.6) is 0 Å². The van der Waals surface area contributed by atoms with E-state index in [4.69, 9.17) is 5.53 Å². The van der Waals surface area contributed by atoms with E-state index in [0.29, 0.717) is 12.2 Å². The van der Waals surface area contributed by atoms with E-state index in [1.807, 2.05) is 0 Å². The zero-order valence-corrected chi connectivity index (χ0v) is 9.58. The number of benzene rings is 1. The summed E-state index contributed by atoms with van der Waals surface area (Å²) in [7, 11) is -3.58. The van der Waals surface area contributed by atoms with Gasteiger partial charge in [0.25, 0.3) is 10.0 Å². The Labute approximate surface area is 98.1 Å². The van der Waals surface area contributed by atoms with Crippen LogP contribution in [0.25, 0.3) is 10.4 Å². The molecule has 2 rings (SSSR count). The van der Waals surface area contributed by atoms with E-state index in [-0.39, 0.29) is 11.4 Å². The zero-order chi connectivity index (χ0) is 12.3. The molecular weight excluding hydrogens is 242 g/mol. The predicted molar refractivity (Wildman–Crippen MR) is 63.5 cm³/mol. The molecule has 7 nitrogen and oxygen atoms in total. The molecule has 0 spiro atoms. The van der Waals surface area contributed by atoms with Crippen LogP contribution in [0.3, 0.4) is 0 Å². The average molecular weight is 251 g/mol. The molecule has 17 heavy (non-hydrogen) atoms. The Morgan fingerprint density at radius 1 is 1.41 bits per heavy atom. The van der Waals surface area contributed by atoms with Crippen molar-refractivity contribution in [3.63, 3.8) is 0 Å². The first-order valence-corrected chi connectivity index (χ1v) is 6.26. The van der Waals surface area contributed by atoms with Crippen LogP contribution in [0, 0.1) is 0 Å². The number of nitrogens with zero attached hydrogens (tertiary/aromatic N) is 5. The molecule has 0 fully saturated rings. The molecule has 0 aromatic heterocycles. The third-order valence-corrected chi connectivity index (χ3v) is 3.55. The van der Waals surface area contributed by atoms with Crippen molar-refractivity contribution >= 4 is 22.0 Å². The maximum Gasteiger partial charge on any atom is 0.285 e. The molecule has 8 heteroatoms. The SMILES string of the molecule is [N-]=[N+]=NCCN1C=NS(=O)(=O)c2ccccc21. The summed E-state index contributed by atoms with van der Waals surface area (Å²) in [5, 5.41) is 3.40. The van der Waals surface area contributed by atoms with Crippen molar-refractivity contribution in [1.29, 1.82) is 0 Å². The summed E-state index contributed by atoms with van der Waals surface area (Å²) in [6.07, 6.45) is 1.24. The Kier molecular flexibility index (Phi) is 2.99. The monoisotopic (exact) mass is 251 g/mol. The van der Waals surface area contributed by atoms with Crippen molar-refractivity contribution in [2.75, 3.05) is 18.0 Å². The van der Waals surface area contributed by atoms with Gasteiger partial charge in [-0.05, 0) is 17.7 Å². The number of azide groups is 1. The van der Waals surface area contributed by atoms with Gasteiger partial charge in [0.1, 0.15) is 11.2 Å². The van der Waals surface area contributed by atoms with Gasteiger partial charge in [0.15, 0.2) is 0 Å². The van der Waals surface area contributed by atoms with Gasteiger partial charge in [-0.3, -0.25) is 0 Å². The molecular formula is C9H9N5O2S. The quantitative estimate of drug-likeness (QED) is 0.462. The first kappa shape index (κ1) is 11.4. The van der Waals surface area contributed by atoms with Gasteiger partial charge in [0, 0.05) is 18.0 Å². The Morgan fingerprint density at radius 3 is 2.94 bits per heavy atom. The van der Waals surface area contributed by atoms with Gasteiger partial charge in [0.05, 0.1) is 5.69 Å². The van der Waals surface area contributed by atoms with Gasteiger partial charge in [-0.25, -0.2) is 0 Å². The van der Waals surface area contributed by atoms with E-state index in [9.17, 15) is 8.42 Å². The second-order valence-electron chi connectivity index (χ2n) is 3.31. The van der Waals surface area contributed by atoms with Crippen LogP contribution in [0.15, 0.2) is 38.7 Å². The second-order valence-corrected chi connectivity index (χ2v) is 4.91. The number of sulfonamides is 1. The highest BCUT2D eigenvalue weighted by atomic mass is 32.2. The fourth-order valence-electron chi connectivity index (χ4n) is 1.53. The molecule has 0 saturated heterocycles. The summed E-state index contributed by atoms with van der Waals surface area (Å²) in [5.74, 6) is 0. The standard InChI is InChI=1S/C9H9N5O2S/c10-13-11-5-6-14-7-12-17(15,16)9-4-2-1-3-8(9)14/h1-4,7H,5-6H2. The molecule has 0 atom stereocenters. The third kappa shape index (κ3) is 2.22. The van der Waals surface area contributed by atoms with Crippen molar-refractivity contribution in [2.45, 2.75) is 4.90 Å². The van der Waals surface area contributed by atoms with E-state index in [0.717, 1.165) is 0 Å². The molecule has 0 radical (unpaired) electrons. The van der Waals surface area contributed by atoms with Crippen molar-refractivity contribution in [1.82, 2.24) is 0 Å². The lowest BCUT2D eigenvalue weighted by molar-refractivity contribution is 0.597. The van der Waals surface area contributed by atoms with Gasteiger partial charge in [-0.15, -0.1) is 4.40 Å². The maximum atomic E-state index is 11.6. The molecule has 0 unspecified atom stereocenters. The fraction of sp³-hybridized carbons (Fsp3) is 0.222. The molecule has 1 aromatic rings. The van der Waals surface area contributed by atoms with Gasteiger partial charge in [0.2, 0.25) is 0 Å². The topological polar surface area (TPSA) is 98.5 Å². The zero-order valence-electron chi connectivity index (χ0n) is 8.76. The number of anilines is 1. The van der Waals surface area contributed by atoms with Gasteiger partial charge in [-0.2, -0.15) is 8.42 Å². The Balaban J connectivity index is 2.37. The first-order chi connectivity index (χ1) is 8.15. The Morgan fingerprint density at radius 2 is 2.18 bits per heavy atom. The number of para-hydroxylation sites is 1. The predicted octanol–water partition coefficient (Wildman–Crippen LogP) is 1.53. The number of hydrogen-bond acceptors (Lipinski definition) is 4. The van der Waals surface area contributed by atoms with Crippen LogP contribution in [-0.4, -0.2) is 27.8 Å².